The lowest BCUT2D eigenvalue weighted by molar-refractivity contribution is -0.139. The highest BCUT2D eigenvalue weighted by Gasteiger charge is 2.27. The van der Waals surface area contributed by atoms with Crippen molar-refractivity contribution in [2.75, 3.05) is 20.8 Å². The number of aliphatic hydroxyl groups is 1. The van der Waals surface area contributed by atoms with Gasteiger partial charge >= 0.3 is 5.97 Å². The van der Waals surface area contributed by atoms with Gasteiger partial charge in [0.05, 0.1) is 25.7 Å². The lowest BCUT2D eigenvalue weighted by Crippen LogP contribution is -2.43. The minimum absolute atomic E-state index is 0.153. The summed E-state index contributed by atoms with van der Waals surface area (Å²) in [6.07, 6.45) is 0. The zero-order chi connectivity index (χ0) is 16.2. The summed E-state index contributed by atoms with van der Waals surface area (Å²) >= 11 is 0. The number of benzene rings is 1. The van der Waals surface area contributed by atoms with E-state index >= 15 is 0 Å². The molecule has 0 aliphatic heterocycles. The Morgan fingerprint density at radius 2 is 1.81 bits per heavy atom. The highest BCUT2D eigenvalue weighted by atomic mass is 32.2. The molecule has 0 heterocycles. The standard InChI is InChI=1S/C12H17NO7S/c1-7-4-9(19-2)10(20-3)5-11(7)21(17,18)13-8(6-14)12(15)16/h4-5,8,13-14H,6H2,1-3H3,(H,15,16)/t8-/m1/s1. The Bertz CT molecular complexity index is 627. The van der Waals surface area contributed by atoms with Crippen molar-refractivity contribution in [3.8, 4) is 11.5 Å². The first-order valence-electron chi connectivity index (χ1n) is 5.85. The van der Waals surface area contributed by atoms with Crippen molar-refractivity contribution in [1.29, 1.82) is 0 Å². The molecule has 0 fully saturated rings. The Morgan fingerprint density at radius 1 is 1.29 bits per heavy atom. The molecule has 0 spiro atoms. The topological polar surface area (TPSA) is 122 Å². The van der Waals surface area contributed by atoms with Crippen LogP contribution in [-0.4, -0.2) is 51.5 Å². The lowest BCUT2D eigenvalue weighted by atomic mass is 10.2. The molecule has 1 aromatic carbocycles. The summed E-state index contributed by atoms with van der Waals surface area (Å²) in [4.78, 5) is 10.7. The third kappa shape index (κ3) is 3.84. The number of sulfonamides is 1. The van der Waals surface area contributed by atoms with Crippen molar-refractivity contribution in [1.82, 2.24) is 4.72 Å². The molecular formula is C12H17NO7S. The second kappa shape index (κ2) is 6.74. The fourth-order valence-electron chi connectivity index (χ4n) is 1.67. The molecule has 0 saturated heterocycles. The molecule has 0 unspecified atom stereocenters. The Morgan fingerprint density at radius 3 is 2.24 bits per heavy atom. The zero-order valence-electron chi connectivity index (χ0n) is 11.8. The summed E-state index contributed by atoms with van der Waals surface area (Å²) in [5.74, 6) is -0.926. The van der Waals surface area contributed by atoms with Gasteiger partial charge in [-0.1, -0.05) is 0 Å². The third-order valence-corrected chi connectivity index (χ3v) is 4.36. The highest BCUT2D eigenvalue weighted by molar-refractivity contribution is 7.89. The van der Waals surface area contributed by atoms with Crippen molar-refractivity contribution < 1.29 is 32.9 Å². The predicted molar refractivity (Wildman–Crippen MR) is 73.1 cm³/mol. The maximum absolute atomic E-state index is 12.2. The molecule has 0 aliphatic carbocycles. The number of methoxy groups -OCH3 is 2. The van der Waals surface area contributed by atoms with Gasteiger partial charge in [-0.25, -0.2) is 8.42 Å². The molecule has 8 nitrogen and oxygen atoms in total. The van der Waals surface area contributed by atoms with Crippen LogP contribution < -0.4 is 14.2 Å². The van der Waals surface area contributed by atoms with E-state index in [0.717, 1.165) is 0 Å². The van der Waals surface area contributed by atoms with Gasteiger partial charge in [0.25, 0.3) is 0 Å². The van der Waals surface area contributed by atoms with Gasteiger partial charge in [-0.05, 0) is 18.6 Å². The van der Waals surface area contributed by atoms with Crippen LogP contribution in [-0.2, 0) is 14.8 Å². The van der Waals surface area contributed by atoms with E-state index in [0.29, 0.717) is 11.3 Å². The Labute approximate surface area is 122 Å². The minimum atomic E-state index is -4.13. The van der Waals surface area contributed by atoms with Gasteiger partial charge in [0, 0.05) is 6.07 Å². The van der Waals surface area contributed by atoms with Gasteiger partial charge in [-0.15, -0.1) is 0 Å². The van der Waals surface area contributed by atoms with E-state index in [9.17, 15) is 13.2 Å². The first kappa shape index (κ1) is 17.2. The molecule has 0 radical (unpaired) electrons. The van der Waals surface area contributed by atoms with E-state index in [2.05, 4.69) is 0 Å². The number of aliphatic hydroxyl groups excluding tert-OH is 1. The molecule has 1 atom stereocenters. The number of carboxylic acids is 1. The number of nitrogens with one attached hydrogen (secondary N) is 1. The zero-order valence-corrected chi connectivity index (χ0v) is 12.6. The number of aryl methyl sites for hydroxylation is 1. The molecule has 1 aromatic rings. The summed E-state index contributed by atoms with van der Waals surface area (Å²) in [6.45, 7) is 0.673. The summed E-state index contributed by atoms with van der Waals surface area (Å²) in [7, 11) is -1.37. The molecule has 118 valence electrons. The fraction of sp³-hybridized carbons (Fsp3) is 0.417. The van der Waals surface area contributed by atoms with Crippen molar-refractivity contribution >= 4 is 16.0 Å². The maximum atomic E-state index is 12.2. The predicted octanol–water partition coefficient (Wildman–Crippen LogP) is -0.264. The van der Waals surface area contributed by atoms with E-state index in [1.165, 1.54) is 33.3 Å². The average molecular weight is 319 g/mol. The summed E-state index contributed by atoms with van der Waals surface area (Å²) in [6, 6.07) is 1.07. The molecular weight excluding hydrogens is 302 g/mol. The van der Waals surface area contributed by atoms with Gasteiger partial charge in [0.1, 0.15) is 6.04 Å². The van der Waals surface area contributed by atoms with Crippen molar-refractivity contribution in [2.24, 2.45) is 0 Å². The van der Waals surface area contributed by atoms with Crippen LogP contribution in [0.1, 0.15) is 5.56 Å². The average Bonchev–Trinajstić information content (AvgIpc) is 2.43. The van der Waals surface area contributed by atoms with Gasteiger partial charge in [-0.3, -0.25) is 4.79 Å². The van der Waals surface area contributed by atoms with Crippen molar-refractivity contribution in [3.05, 3.63) is 17.7 Å². The molecule has 0 aromatic heterocycles. The van der Waals surface area contributed by atoms with E-state index in [4.69, 9.17) is 19.7 Å². The van der Waals surface area contributed by atoms with Gasteiger partial charge in [0.2, 0.25) is 10.0 Å². The van der Waals surface area contributed by atoms with Crippen LogP contribution in [0.25, 0.3) is 0 Å². The molecule has 1 rings (SSSR count). The van der Waals surface area contributed by atoms with Crippen molar-refractivity contribution in [3.63, 3.8) is 0 Å². The Hall–Kier alpha value is -1.84. The summed E-state index contributed by atoms with van der Waals surface area (Å²) in [5.41, 5.74) is 0.349. The first-order valence-corrected chi connectivity index (χ1v) is 7.33. The second-order valence-corrected chi connectivity index (χ2v) is 5.85. The number of carbonyl (C=O) groups is 1. The third-order valence-electron chi connectivity index (χ3n) is 2.75. The van der Waals surface area contributed by atoms with Crippen LogP contribution in [0, 0.1) is 6.92 Å². The van der Waals surface area contributed by atoms with Crippen LogP contribution in [0.2, 0.25) is 0 Å². The number of hydrogen-bond acceptors (Lipinski definition) is 6. The normalized spacial score (nSPS) is 12.8. The van der Waals surface area contributed by atoms with E-state index in [1.54, 1.807) is 0 Å². The highest BCUT2D eigenvalue weighted by Crippen LogP contribution is 2.32. The van der Waals surface area contributed by atoms with Crippen LogP contribution in [0.4, 0.5) is 0 Å². The first-order chi connectivity index (χ1) is 9.76. The van der Waals surface area contributed by atoms with Crippen LogP contribution in [0.15, 0.2) is 17.0 Å². The number of ether oxygens (including phenoxy) is 2. The Kier molecular flexibility index (Phi) is 5.53. The van der Waals surface area contributed by atoms with E-state index < -0.39 is 28.6 Å². The number of hydrogen-bond donors (Lipinski definition) is 3. The fourth-order valence-corrected chi connectivity index (χ4v) is 3.09. The molecule has 0 saturated carbocycles. The van der Waals surface area contributed by atoms with Crippen LogP contribution in [0.5, 0.6) is 11.5 Å². The largest absolute Gasteiger partial charge is 0.493 e. The monoisotopic (exact) mass is 319 g/mol. The molecule has 3 N–H and O–H groups in total. The Balaban J connectivity index is 3.28. The maximum Gasteiger partial charge on any atom is 0.324 e. The molecule has 0 amide bonds. The minimum Gasteiger partial charge on any atom is -0.493 e. The smallest absolute Gasteiger partial charge is 0.324 e. The van der Waals surface area contributed by atoms with E-state index in [1.807, 2.05) is 4.72 Å². The SMILES string of the molecule is COc1cc(C)c(S(=O)(=O)N[C@H](CO)C(=O)O)cc1OC. The number of aliphatic carboxylic acids is 1. The molecule has 0 aliphatic rings. The molecule has 21 heavy (non-hydrogen) atoms. The van der Waals surface area contributed by atoms with Crippen molar-refractivity contribution in [2.45, 2.75) is 17.9 Å². The van der Waals surface area contributed by atoms with Crippen LogP contribution >= 0.6 is 0 Å². The second-order valence-electron chi connectivity index (χ2n) is 4.17. The van der Waals surface area contributed by atoms with E-state index in [-0.39, 0.29) is 10.6 Å². The number of carboxylic acid groups (broad SMARTS) is 1. The van der Waals surface area contributed by atoms with Gasteiger partial charge < -0.3 is 19.7 Å². The quantitative estimate of drug-likeness (QED) is 0.632. The summed E-state index contributed by atoms with van der Waals surface area (Å²) < 4.78 is 36.4. The van der Waals surface area contributed by atoms with Gasteiger partial charge in [0.15, 0.2) is 11.5 Å². The van der Waals surface area contributed by atoms with Crippen LogP contribution in [0.3, 0.4) is 0 Å². The molecule has 0 bridgehead atoms. The van der Waals surface area contributed by atoms with Gasteiger partial charge in [-0.2, -0.15) is 4.72 Å². The summed E-state index contributed by atoms with van der Waals surface area (Å²) in [5, 5.41) is 17.7. The molecule has 9 heteroatoms. The number of rotatable bonds is 7. The lowest BCUT2D eigenvalue weighted by Gasteiger charge is -2.16.